The lowest BCUT2D eigenvalue weighted by Crippen LogP contribution is -2.12. The molecule has 2 rings (SSSR count). The van der Waals surface area contributed by atoms with Gasteiger partial charge in [-0.2, -0.15) is 0 Å². The average molecular weight is 257 g/mol. The summed E-state index contributed by atoms with van der Waals surface area (Å²) in [7, 11) is 1.70. The molecule has 1 atom stereocenters. The van der Waals surface area contributed by atoms with Crippen molar-refractivity contribution in [3.05, 3.63) is 53.6 Å². The van der Waals surface area contributed by atoms with Crippen LogP contribution in [-0.2, 0) is 11.3 Å². The van der Waals surface area contributed by atoms with E-state index < -0.39 is 0 Å². The molecule has 19 heavy (non-hydrogen) atoms. The second kappa shape index (κ2) is 6.29. The van der Waals surface area contributed by atoms with Crippen molar-refractivity contribution in [2.75, 3.05) is 12.4 Å². The minimum atomic E-state index is 0.103. The zero-order chi connectivity index (χ0) is 13.7. The number of rotatable bonds is 5. The van der Waals surface area contributed by atoms with Gasteiger partial charge in [0.2, 0.25) is 0 Å². The van der Waals surface area contributed by atoms with Crippen molar-refractivity contribution in [3.8, 4) is 0 Å². The molecule has 0 amide bonds. The van der Waals surface area contributed by atoms with Crippen molar-refractivity contribution >= 4 is 5.69 Å². The molecule has 0 aliphatic heterocycles. The van der Waals surface area contributed by atoms with Crippen molar-refractivity contribution < 1.29 is 4.74 Å². The van der Waals surface area contributed by atoms with Crippen LogP contribution >= 0.6 is 0 Å². The second-order valence-corrected chi connectivity index (χ2v) is 4.48. The molecule has 0 bridgehead atoms. The summed E-state index contributed by atoms with van der Waals surface area (Å²) in [4.78, 5) is 8.67. The average Bonchev–Trinajstić information content (AvgIpc) is 2.41. The molecule has 0 saturated heterocycles. The summed E-state index contributed by atoms with van der Waals surface area (Å²) < 4.78 is 5.21. The molecule has 4 nitrogen and oxygen atoms in total. The standard InChI is InChI=1S/C15H19N3O/c1-11-15(17-9-8-16-11)12(2)18-14-7-5-4-6-13(14)10-19-3/h4-9,12,18H,10H2,1-3H3. The maximum absolute atomic E-state index is 5.21. The Bertz CT molecular complexity index is 542. The van der Waals surface area contributed by atoms with Gasteiger partial charge in [-0.15, -0.1) is 0 Å². The number of nitrogens with zero attached hydrogens (tertiary/aromatic N) is 2. The fourth-order valence-corrected chi connectivity index (χ4v) is 2.09. The summed E-state index contributed by atoms with van der Waals surface area (Å²) >= 11 is 0. The van der Waals surface area contributed by atoms with E-state index in [4.69, 9.17) is 4.74 Å². The van der Waals surface area contributed by atoms with Gasteiger partial charge in [-0.25, -0.2) is 0 Å². The number of nitrogens with one attached hydrogen (secondary N) is 1. The van der Waals surface area contributed by atoms with Gasteiger partial charge in [-0.3, -0.25) is 9.97 Å². The zero-order valence-corrected chi connectivity index (χ0v) is 11.6. The molecule has 1 heterocycles. The van der Waals surface area contributed by atoms with Gasteiger partial charge in [-0.1, -0.05) is 18.2 Å². The third-order valence-corrected chi connectivity index (χ3v) is 3.02. The number of aryl methyl sites for hydroxylation is 1. The van der Waals surface area contributed by atoms with Gasteiger partial charge in [0.05, 0.1) is 24.0 Å². The van der Waals surface area contributed by atoms with Crippen LogP contribution in [0, 0.1) is 6.92 Å². The molecule has 0 fully saturated rings. The highest BCUT2D eigenvalue weighted by molar-refractivity contribution is 5.52. The van der Waals surface area contributed by atoms with Crippen LogP contribution in [0.25, 0.3) is 0 Å². The molecule has 2 aromatic rings. The number of aromatic nitrogens is 2. The number of para-hydroxylation sites is 1. The third kappa shape index (κ3) is 3.29. The van der Waals surface area contributed by atoms with Crippen LogP contribution in [0.15, 0.2) is 36.7 Å². The minimum Gasteiger partial charge on any atom is -0.380 e. The molecule has 0 radical (unpaired) electrons. The Labute approximate surface area is 113 Å². The van der Waals surface area contributed by atoms with Gasteiger partial charge in [0, 0.05) is 30.8 Å². The highest BCUT2D eigenvalue weighted by Crippen LogP contribution is 2.22. The van der Waals surface area contributed by atoms with E-state index in [1.54, 1.807) is 19.5 Å². The first-order chi connectivity index (χ1) is 9.22. The fourth-order valence-electron chi connectivity index (χ4n) is 2.09. The SMILES string of the molecule is COCc1ccccc1NC(C)c1nccnc1C. The Morgan fingerprint density at radius 3 is 2.68 bits per heavy atom. The van der Waals surface area contributed by atoms with E-state index in [9.17, 15) is 0 Å². The predicted molar refractivity (Wildman–Crippen MR) is 76.0 cm³/mol. The molecule has 0 spiro atoms. The number of benzene rings is 1. The van der Waals surface area contributed by atoms with E-state index in [-0.39, 0.29) is 6.04 Å². The minimum absolute atomic E-state index is 0.103. The van der Waals surface area contributed by atoms with Crippen LogP contribution in [0.1, 0.15) is 29.9 Å². The summed E-state index contributed by atoms with van der Waals surface area (Å²) in [6.45, 7) is 4.65. The molecule has 1 unspecified atom stereocenters. The topological polar surface area (TPSA) is 47.0 Å². The molecule has 0 aliphatic rings. The first kappa shape index (κ1) is 13.5. The number of hydrogen-bond acceptors (Lipinski definition) is 4. The molecular weight excluding hydrogens is 238 g/mol. The van der Waals surface area contributed by atoms with E-state index in [2.05, 4.69) is 34.3 Å². The molecule has 1 aromatic heterocycles. The van der Waals surface area contributed by atoms with Crippen LogP contribution < -0.4 is 5.32 Å². The van der Waals surface area contributed by atoms with E-state index in [0.717, 1.165) is 22.6 Å². The first-order valence-corrected chi connectivity index (χ1v) is 6.33. The van der Waals surface area contributed by atoms with E-state index in [1.807, 2.05) is 19.1 Å². The smallest absolute Gasteiger partial charge is 0.0835 e. The fraction of sp³-hybridized carbons (Fsp3) is 0.333. The Morgan fingerprint density at radius 1 is 1.21 bits per heavy atom. The molecule has 0 aliphatic carbocycles. The molecule has 1 aromatic carbocycles. The van der Waals surface area contributed by atoms with Crippen molar-refractivity contribution in [1.29, 1.82) is 0 Å². The van der Waals surface area contributed by atoms with Gasteiger partial charge in [-0.05, 0) is 19.9 Å². The molecule has 4 heteroatoms. The van der Waals surface area contributed by atoms with Gasteiger partial charge in [0.1, 0.15) is 0 Å². The third-order valence-electron chi connectivity index (χ3n) is 3.02. The summed E-state index contributed by atoms with van der Waals surface area (Å²) in [5, 5.41) is 3.47. The highest BCUT2D eigenvalue weighted by atomic mass is 16.5. The summed E-state index contributed by atoms with van der Waals surface area (Å²) in [5.41, 5.74) is 4.13. The van der Waals surface area contributed by atoms with E-state index in [0.29, 0.717) is 6.61 Å². The number of anilines is 1. The Balaban J connectivity index is 2.19. The number of hydrogen-bond donors (Lipinski definition) is 1. The summed E-state index contributed by atoms with van der Waals surface area (Å²) in [5.74, 6) is 0. The quantitative estimate of drug-likeness (QED) is 0.894. The van der Waals surface area contributed by atoms with Crippen molar-refractivity contribution in [3.63, 3.8) is 0 Å². The maximum atomic E-state index is 5.21. The molecule has 100 valence electrons. The second-order valence-electron chi connectivity index (χ2n) is 4.48. The monoisotopic (exact) mass is 257 g/mol. The first-order valence-electron chi connectivity index (χ1n) is 6.33. The molecule has 1 N–H and O–H groups in total. The van der Waals surface area contributed by atoms with Gasteiger partial charge in [0.15, 0.2) is 0 Å². The van der Waals surface area contributed by atoms with Gasteiger partial charge >= 0.3 is 0 Å². The predicted octanol–water partition coefficient (Wildman–Crippen LogP) is 3.10. The van der Waals surface area contributed by atoms with E-state index in [1.165, 1.54) is 0 Å². The zero-order valence-electron chi connectivity index (χ0n) is 11.6. The molecular formula is C15H19N3O. The lowest BCUT2D eigenvalue weighted by Gasteiger charge is -2.18. The lowest BCUT2D eigenvalue weighted by atomic mass is 10.1. The Morgan fingerprint density at radius 2 is 1.95 bits per heavy atom. The van der Waals surface area contributed by atoms with Crippen LogP contribution in [0.4, 0.5) is 5.69 Å². The normalized spacial score (nSPS) is 12.2. The largest absolute Gasteiger partial charge is 0.380 e. The lowest BCUT2D eigenvalue weighted by molar-refractivity contribution is 0.185. The van der Waals surface area contributed by atoms with Crippen molar-refractivity contribution in [1.82, 2.24) is 9.97 Å². The Hall–Kier alpha value is -1.94. The molecule has 0 saturated carbocycles. The Kier molecular flexibility index (Phi) is 4.47. The van der Waals surface area contributed by atoms with Crippen molar-refractivity contribution in [2.45, 2.75) is 26.5 Å². The van der Waals surface area contributed by atoms with Crippen LogP contribution in [0.5, 0.6) is 0 Å². The summed E-state index contributed by atoms with van der Waals surface area (Å²) in [6.07, 6.45) is 3.44. The number of ether oxygens (including phenoxy) is 1. The van der Waals surface area contributed by atoms with Crippen LogP contribution in [-0.4, -0.2) is 17.1 Å². The summed E-state index contributed by atoms with van der Waals surface area (Å²) in [6, 6.07) is 8.24. The number of methoxy groups -OCH3 is 1. The maximum Gasteiger partial charge on any atom is 0.0835 e. The van der Waals surface area contributed by atoms with Crippen LogP contribution in [0.2, 0.25) is 0 Å². The van der Waals surface area contributed by atoms with Gasteiger partial charge in [0.25, 0.3) is 0 Å². The van der Waals surface area contributed by atoms with Crippen LogP contribution in [0.3, 0.4) is 0 Å². The highest BCUT2D eigenvalue weighted by Gasteiger charge is 2.11. The van der Waals surface area contributed by atoms with Gasteiger partial charge < -0.3 is 10.1 Å². The van der Waals surface area contributed by atoms with E-state index >= 15 is 0 Å². The van der Waals surface area contributed by atoms with Crippen molar-refractivity contribution in [2.24, 2.45) is 0 Å².